The van der Waals surface area contributed by atoms with Gasteiger partial charge in [-0.1, -0.05) is 25.5 Å². The highest BCUT2D eigenvalue weighted by molar-refractivity contribution is 5.90. The summed E-state index contributed by atoms with van der Waals surface area (Å²) in [6, 6.07) is 6.13. The molecule has 1 heterocycles. The van der Waals surface area contributed by atoms with Gasteiger partial charge in [0.25, 0.3) is 0 Å². The van der Waals surface area contributed by atoms with Crippen molar-refractivity contribution in [1.29, 1.82) is 0 Å². The molecule has 5 aliphatic rings. The van der Waals surface area contributed by atoms with Crippen molar-refractivity contribution in [2.75, 3.05) is 12.4 Å². The van der Waals surface area contributed by atoms with Crippen molar-refractivity contribution < 1.29 is 13.9 Å². The predicted molar refractivity (Wildman–Crippen MR) is 133 cm³/mol. The summed E-state index contributed by atoms with van der Waals surface area (Å²) in [6.07, 6.45) is 11.3. The van der Waals surface area contributed by atoms with Gasteiger partial charge in [0, 0.05) is 12.8 Å². The van der Waals surface area contributed by atoms with Gasteiger partial charge in [-0.2, -0.15) is 0 Å². The molecule has 0 aromatic heterocycles. The number of ether oxygens (including phenoxy) is 1. The number of halogens is 1. The van der Waals surface area contributed by atoms with Crippen LogP contribution >= 0.6 is 0 Å². The molecule has 1 saturated heterocycles. The second-order valence-electron chi connectivity index (χ2n) is 12.1. The van der Waals surface area contributed by atoms with Crippen LogP contribution in [-0.4, -0.2) is 30.9 Å². The minimum Gasteiger partial charge on any atom is -0.381 e. The number of fused-ring (bicyclic) bond motifs is 5. The molecule has 4 N–H and O–H groups in total. The summed E-state index contributed by atoms with van der Waals surface area (Å²) in [7, 11) is 1.89. The van der Waals surface area contributed by atoms with E-state index >= 15 is 0 Å². The molecule has 35 heavy (non-hydrogen) atoms. The third kappa shape index (κ3) is 3.57. The van der Waals surface area contributed by atoms with Gasteiger partial charge in [0.15, 0.2) is 6.29 Å². The van der Waals surface area contributed by atoms with Crippen LogP contribution in [0.1, 0.15) is 65.2 Å². The second-order valence-corrected chi connectivity index (χ2v) is 12.1. The smallest absolute Gasteiger partial charge is 0.248 e. The maximum absolute atomic E-state index is 13.4. The second kappa shape index (κ2) is 8.29. The van der Waals surface area contributed by atoms with Crippen molar-refractivity contribution in [2.45, 2.75) is 83.1 Å². The van der Waals surface area contributed by atoms with Gasteiger partial charge in [-0.3, -0.25) is 4.79 Å². The van der Waals surface area contributed by atoms with Crippen LogP contribution in [0.15, 0.2) is 35.9 Å². The van der Waals surface area contributed by atoms with E-state index in [9.17, 15) is 9.18 Å². The van der Waals surface area contributed by atoms with E-state index < -0.39 is 11.8 Å². The molecule has 1 aliphatic heterocycles. The van der Waals surface area contributed by atoms with E-state index in [4.69, 9.17) is 4.74 Å². The minimum atomic E-state index is -0.722. The molecular weight excluding hydrogens is 443 g/mol. The zero-order valence-corrected chi connectivity index (χ0v) is 21.1. The molecule has 1 aromatic carbocycles. The Labute approximate surface area is 207 Å². The average Bonchev–Trinajstić information content (AvgIpc) is 3.19. The van der Waals surface area contributed by atoms with Crippen molar-refractivity contribution in [3.63, 3.8) is 0 Å². The maximum Gasteiger partial charge on any atom is 0.248 e. The molecule has 0 bridgehead atoms. The number of methoxy groups -OCH3 is 1. The lowest BCUT2D eigenvalue weighted by molar-refractivity contribution is -0.131. The summed E-state index contributed by atoms with van der Waals surface area (Å²) in [4.78, 5) is 13.4. The van der Waals surface area contributed by atoms with Crippen LogP contribution in [0.2, 0.25) is 0 Å². The number of rotatable bonds is 3. The molecule has 2 unspecified atom stereocenters. The molecule has 4 aliphatic carbocycles. The first kappa shape index (κ1) is 23.4. The summed E-state index contributed by atoms with van der Waals surface area (Å²) in [5, 5.41) is 6.27. The Bertz CT molecular complexity index is 1030. The molecule has 7 heteroatoms. The van der Waals surface area contributed by atoms with Gasteiger partial charge in [0.2, 0.25) is 5.91 Å². The summed E-state index contributed by atoms with van der Waals surface area (Å²) < 4.78 is 19.2. The van der Waals surface area contributed by atoms with Gasteiger partial charge in [0.05, 0.1) is 6.10 Å². The van der Waals surface area contributed by atoms with Gasteiger partial charge in [0.1, 0.15) is 11.4 Å². The lowest BCUT2D eigenvalue weighted by Gasteiger charge is -2.59. The van der Waals surface area contributed by atoms with Crippen LogP contribution in [0.5, 0.6) is 0 Å². The molecule has 1 aromatic rings. The zero-order chi connectivity index (χ0) is 24.4. The van der Waals surface area contributed by atoms with Crippen LogP contribution in [-0.2, 0) is 9.53 Å². The number of hydrogen-bond acceptors (Lipinski definition) is 5. The number of allylic oxidation sites excluding steroid dienone is 1. The molecule has 6 nitrogen and oxygen atoms in total. The van der Waals surface area contributed by atoms with Crippen LogP contribution in [0.25, 0.3) is 0 Å². The predicted octanol–water partition coefficient (Wildman–Crippen LogP) is 4.46. The highest BCUT2D eigenvalue weighted by atomic mass is 19.1. The highest BCUT2D eigenvalue weighted by Gasteiger charge is 2.60. The Morgan fingerprint density at radius 3 is 2.57 bits per heavy atom. The van der Waals surface area contributed by atoms with Crippen molar-refractivity contribution in [3.05, 3.63) is 41.7 Å². The van der Waals surface area contributed by atoms with Crippen LogP contribution in [0, 0.1) is 34.4 Å². The quantitative estimate of drug-likeness (QED) is 0.479. The van der Waals surface area contributed by atoms with Crippen LogP contribution in [0.3, 0.4) is 0 Å². The third-order valence-corrected chi connectivity index (χ3v) is 10.7. The van der Waals surface area contributed by atoms with E-state index in [2.05, 4.69) is 41.4 Å². The summed E-state index contributed by atoms with van der Waals surface area (Å²) in [5.41, 5.74) is 8.57. The van der Waals surface area contributed by atoms with Gasteiger partial charge in [-0.05, 0) is 104 Å². The van der Waals surface area contributed by atoms with E-state index in [1.54, 1.807) is 12.1 Å². The number of hydrazine groups is 1. The Kier molecular flexibility index (Phi) is 5.55. The summed E-state index contributed by atoms with van der Waals surface area (Å²) in [6.45, 7) is 4.96. The number of nitrogens with one attached hydrogen (secondary N) is 4. The van der Waals surface area contributed by atoms with E-state index in [0.29, 0.717) is 17.4 Å². The summed E-state index contributed by atoms with van der Waals surface area (Å²) >= 11 is 0. The fourth-order valence-electron chi connectivity index (χ4n) is 8.69. The van der Waals surface area contributed by atoms with Gasteiger partial charge in [-0.15, -0.1) is 0 Å². The average molecular weight is 483 g/mol. The van der Waals surface area contributed by atoms with Gasteiger partial charge >= 0.3 is 0 Å². The number of hydrogen-bond donors (Lipinski definition) is 4. The Hall–Kier alpha value is -1.96. The molecule has 0 radical (unpaired) electrons. The van der Waals surface area contributed by atoms with Crippen molar-refractivity contribution >= 4 is 11.6 Å². The fraction of sp³-hybridized carbons (Fsp3) is 0.679. The molecule has 8 atom stereocenters. The molecule has 190 valence electrons. The number of carbonyl (C=O) groups is 1. The van der Waals surface area contributed by atoms with Crippen LogP contribution < -0.4 is 21.5 Å². The van der Waals surface area contributed by atoms with Crippen molar-refractivity contribution in [2.24, 2.45) is 28.6 Å². The largest absolute Gasteiger partial charge is 0.381 e. The van der Waals surface area contributed by atoms with E-state index in [0.717, 1.165) is 36.8 Å². The number of carbonyl (C=O) groups excluding carboxylic acids is 1. The monoisotopic (exact) mass is 482 g/mol. The Morgan fingerprint density at radius 2 is 1.83 bits per heavy atom. The highest BCUT2D eigenvalue weighted by Crippen LogP contribution is 2.66. The topological polar surface area (TPSA) is 74.4 Å². The lowest BCUT2D eigenvalue weighted by Crippen LogP contribution is -2.74. The number of amides is 1. The first-order valence-corrected chi connectivity index (χ1v) is 13.4. The van der Waals surface area contributed by atoms with E-state index in [1.165, 1.54) is 49.8 Å². The van der Waals surface area contributed by atoms with E-state index in [-0.39, 0.29) is 17.1 Å². The van der Waals surface area contributed by atoms with Crippen molar-refractivity contribution in [3.8, 4) is 0 Å². The fourth-order valence-corrected chi connectivity index (χ4v) is 8.69. The number of benzene rings is 1. The van der Waals surface area contributed by atoms with Gasteiger partial charge in [-0.25, -0.2) is 15.2 Å². The zero-order valence-electron chi connectivity index (χ0n) is 21.1. The molecule has 6 rings (SSSR count). The Balaban J connectivity index is 1.19. The standard InChI is InChI=1S/C28H39FN4O2/c1-26-14-15-28(24(34)31-25(32-33-28)30-19-7-5-18(29)6-8-19)16-17(26)4-9-20-21-10-11-23(35-3)27(21,2)13-12-22(20)26/h5-8,16,20-23,25,30,32-33H,4,9-15H2,1-3H3,(H,31,34)/t20-,21-,22-,23-,25?,26-,27-,28?/m0/s1. The van der Waals surface area contributed by atoms with Crippen LogP contribution in [0.4, 0.5) is 10.1 Å². The SMILES string of the molecule is CO[C@H]1CC[C@H]2[C@@H]3CCC4=CC5(CC[C@]4(C)[C@H]3CC[C@]12C)NNC(Nc1ccc(F)cc1)NC5=O. The first-order chi connectivity index (χ1) is 16.8. The molecular formula is C28H39FN4O2. The minimum absolute atomic E-state index is 0.0116. The van der Waals surface area contributed by atoms with E-state index in [1.807, 2.05) is 7.11 Å². The molecule has 4 fully saturated rings. The Morgan fingerprint density at radius 1 is 1.03 bits per heavy atom. The summed E-state index contributed by atoms with van der Waals surface area (Å²) in [5.74, 6) is 1.93. The molecule has 1 spiro atoms. The normalized spacial score (nSPS) is 44.6. The first-order valence-electron chi connectivity index (χ1n) is 13.4. The molecule has 3 saturated carbocycles. The van der Waals surface area contributed by atoms with Crippen molar-refractivity contribution in [1.82, 2.24) is 16.2 Å². The number of anilines is 1. The van der Waals surface area contributed by atoms with Gasteiger partial charge < -0.3 is 15.4 Å². The third-order valence-electron chi connectivity index (χ3n) is 10.7. The lowest BCUT2D eigenvalue weighted by atomic mass is 9.46. The maximum atomic E-state index is 13.4. The molecule has 1 amide bonds.